The third-order valence-electron chi connectivity index (χ3n) is 3.54. The molecule has 0 radical (unpaired) electrons. The molecule has 116 valence electrons. The van der Waals surface area contributed by atoms with E-state index in [-0.39, 0.29) is 0 Å². The van der Waals surface area contributed by atoms with E-state index in [0.29, 0.717) is 17.5 Å². The van der Waals surface area contributed by atoms with Crippen molar-refractivity contribution in [2.75, 3.05) is 33.0 Å². The Kier molecular flexibility index (Phi) is 6.92. The minimum absolute atomic E-state index is 0.406. The van der Waals surface area contributed by atoms with E-state index in [0.717, 1.165) is 57.0 Å². The van der Waals surface area contributed by atoms with Crippen LogP contribution in [-0.2, 0) is 9.47 Å². The van der Waals surface area contributed by atoms with Crippen LogP contribution in [0.1, 0.15) is 24.8 Å². The van der Waals surface area contributed by atoms with Gasteiger partial charge in [0.05, 0.1) is 6.61 Å². The molecule has 1 saturated heterocycles. The van der Waals surface area contributed by atoms with Gasteiger partial charge in [0.1, 0.15) is 10.7 Å². The Hall–Kier alpha value is -1.17. The van der Waals surface area contributed by atoms with Crippen LogP contribution in [0.4, 0.5) is 0 Å². The molecule has 1 aromatic rings. The normalized spacial score (nSPS) is 15.8. The van der Waals surface area contributed by atoms with Crippen LogP contribution in [-0.4, -0.2) is 38.0 Å². The molecular formula is C16H23NO3S. The van der Waals surface area contributed by atoms with Crippen LogP contribution in [0.15, 0.2) is 24.3 Å². The van der Waals surface area contributed by atoms with Crippen molar-refractivity contribution in [3.8, 4) is 5.75 Å². The molecule has 1 aliphatic rings. The van der Waals surface area contributed by atoms with Gasteiger partial charge in [-0.05, 0) is 43.0 Å². The summed E-state index contributed by atoms with van der Waals surface area (Å²) in [6.07, 6.45) is 3.12. The first kappa shape index (κ1) is 16.2. The summed E-state index contributed by atoms with van der Waals surface area (Å²) in [5.41, 5.74) is 6.41. The molecule has 4 nitrogen and oxygen atoms in total. The summed E-state index contributed by atoms with van der Waals surface area (Å²) in [6.45, 7) is 3.98. The van der Waals surface area contributed by atoms with Crippen LogP contribution in [0.2, 0.25) is 0 Å². The molecule has 0 aliphatic carbocycles. The Bertz CT molecular complexity index is 430. The van der Waals surface area contributed by atoms with E-state index in [1.165, 1.54) is 0 Å². The minimum atomic E-state index is 0.406. The molecule has 1 fully saturated rings. The standard InChI is InChI=1S/C16H23NO3S/c17-16(21)14-2-4-15(5-3-14)20-9-1-8-19-12-13-6-10-18-11-7-13/h2-5,13H,1,6-12H2,(H2,17,21). The number of thiocarbonyl (C=S) groups is 1. The highest BCUT2D eigenvalue weighted by Crippen LogP contribution is 2.15. The zero-order valence-corrected chi connectivity index (χ0v) is 13.1. The second-order valence-electron chi connectivity index (χ2n) is 5.22. The summed E-state index contributed by atoms with van der Waals surface area (Å²) < 4.78 is 16.7. The largest absolute Gasteiger partial charge is 0.494 e. The first-order valence-electron chi connectivity index (χ1n) is 7.44. The van der Waals surface area contributed by atoms with Crippen LogP contribution < -0.4 is 10.5 Å². The van der Waals surface area contributed by atoms with Crippen molar-refractivity contribution in [3.63, 3.8) is 0 Å². The molecule has 2 rings (SSSR count). The second-order valence-corrected chi connectivity index (χ2v) is 5.66. The van der Waals surface area contributed by atoms with Gasteiger partial charge >= 0.3 is 0 Å². The van der Waals surface area contributed by atoms with E-state index in [1.807, 2.05) is 24.3 Å². The van der Waals surface area contributed by atoms with Gasteiger partial charge in [0.25, 0.3) is 0 Å². The van der Waals surface area contributed by atoms with Crippen molar-refractivity contribution in [1.29, 1.82) is 0 Å². The molecular weight excluding hydrogens is 286 g/mol. The molecule has 5 heteroatoms. The van der Waals surface area contributed by atoms with Gasteiger partial charge in [-0.2, -0.15) is 0 Å². The lowest BCUT2D eigenvalue weighted by atomic mass is 10.0. The smallest absolute Gasteiger partial charge is 0.119 e. The van der Waals surface area contributed by atoms with Gasteiger partial charge in [-0.25, -0.2) is 0 Å². The molecule has 21 heavy (non-hydrogen) atoms. The predicted octanol–water partition coefficient (Wildman–Crippen LogP) is 2.53. The fraction of sp³-hybridized carbons (Fsp3) is 0.562. The van der Waals surface area contributed by atoms with E-state index in [1.54, 1.807) is 0 Å². The van der Waals surface area contributed by atoms with Crippen molar-refractivity contribution in [2.45, 2.75) is 19.3 Å². The molecule has 0 bridgehead atoms. The predicted molar refractivity (Wildman–Crippen MR) is 86.8 cm³/mol. The topological polar surface area (TPSA) is 53.7 Å². The molecule has 0 aromatic heterocycles. The highest BCUT2D eigenvalue weighted by molar-refractivity contribution is 7.80. The van der Waals surface area contributed by atoms with E-state index >= 15 is 0 Å². The number of nitrogens with two attached hydrogens (primary N) is 1. The Labute approximate surface area is 131 Å². The summed E-state index contributed by atoms with van der Waals surface area (Å²) in [6, 6.07) is 7.52. The molecule has 0 unspecified atom stereocenters. The van der Waals surface area contributed by atoms with Gasteiger partial charge in [-0.15, -0.1) is 0 Å². The maximum absolute atomic E-state index is 5.69. The zero-order valence-electron chi connectivity index (χ0n) is 12.3. The van der Waals surface area contributed by atoms with Crippen LogP contribution in [0, 0.1) is 5.92 Å². The Balaban J connectivity index is 1.54. The van der Waals surface area contributed by atoms with Gasteiger partial charge in [-0.1, -0.05) is 12.2 Å². The molecule has 0 saturated carbocycles. The van der Waals surface area contributed by atoms with Crippen molar-refractivity contribution in [3.05, 3.63) is 29.8 Å². The molecule has 1 heterocycles. The third kappa shape index (κ3) is 5.99. The molecule has 0 amide bonds. The summed E-state index contributed by atoms with van der Waals surface area (Å²) in [4.78, 5) is 0.406. The molecule has 0 spiro atoms. The number of rotatable bonds is 8. The Morgan fingerprint density at radius 3 is 2.57 bits per heavy atom. The van der Waals surface area contributed by atoms with Crippen molar-refractivity contribution >= 4 is 17.2 Å². The van der Waals surface area contributed by atoms with Gasteiger partial charge in [-0.3, -0.25) is 0 Å². The molecule has 2 N–H and O–H groups in total. The Morgan fingerprint density at radius 1 is 1.19 bits per heavy atom. The maximum atomic E-state index is 5.69. The minimum Gasteiger partial charge on any atom is -0.494 e. The lowest BCUT2D eigenvalue weighted by molar-refractivity contribution is 0.0183. The van der Waals surface area contributed by atoms with Crippen molar-refractivity contribution in [1.82, 2.24) is 0 Å². The molecule has 1 aliphatic heterocycles. The average molecular weight is 309 g/mol. The first-order valence-corrected chi connectivity index (χ1v) is 7.84. The summed E-state index contributed by atoms with van der Waals surface area (Å²) in [7, 11) is 0. The fourth-order valence-electron chi connectivity index (χ4n) is 2.23. The van der Waals surface area contributed by atoms with E-state index in [4.69, 9.17) is 32.2 Å². The fourth-order valence-corrected chi connectivity index (χ4v) is 2.37. The first-order chi connectivity index (χ1) is 10.3. The maximum Gasteiger partial charge on any atom is 0.119 e. The van der Waals surface area contributed by atoms with Gasteiger partial charge < -0.3 is 19.9 Å². The van der Waals surface area contributed by atoms with Crippen LogP contribution in [0.5, 0.6) is 5.75 Å². The average Bonchev–Trinajstić information content (AvgIpc) is 2.52. The second kappa shape index (κ2) is 8.97. The third-order valence-corrected chi connectivity index (χ3v) is 3.77. The quantitative estimate of drug-likeness (QED) is 0.591. The van der Waals surface area contributed by atoms with E-state index in [9.17, 15) is 0 Å². The SMILES string of the molecule is NC(=S)c1ccc(OCCCOCC2CCOCC2)cc1. The van der Waals surface area contributed by atoms with E-state index < -0.39 is 0 Å². The van der Waals surface area contributed by atoms with Gasteiger partial charge in [0, 0.05) is 38.4 Å². The van der Waals surface area contributed by atoms with Gasteiger partial charge in [0.15, 0.2) is 0 Å². The monoisotopic (exact) mass is 309 g/mol. The zero-order chi connectivity index (χ0) is 14.9. The lowest BCUT2D eigenvalue weighted by Crippen LogP contribution is -2.20. The number of ether oxygens (including phenoxy) is 3. The van der Waals surface area contributed by atoms with E-state index in [2.05, 4.69) is 0 Å². The number of hydrogen-bond donors (Lipinski definition) is 1. The van der Waals surface area contributed by atoms with Crippen molar-refractivity contribution < 1.29 is 14.2 Å². The van der Waals surface area contributed by atoms with Crippen LogP contribution in [0.25, 0.3) is 0 Å². The highest BCUT2D eigenvalue weighted by atomic mass is 32.1. The summed E-state index contributed by atoms with van der Waals surface area (Å²) in [5, 5.41) is 0. The van der Waals surface area contributed by atoms with Gasteiger partial charge in [0.2, 0.25) is 0 Å². The summed E-state index contributed by atoms with van der Waals surface area (Å²) in [5.74, 6) is 1.49. The molecule has 0 atom stereocenters. The van der Waals surface area contributed by atoms with Crippen LogP contribution >= 0.6 is 12.2 Å². The highest BCUT2D eigenvalue weighted by Gasteiger charge is 2.13. The Morgan fingerprint density at radius 2 is 1.90 bits per heavy atom. The lowest BCUT2D eigenvalue weighted by Gasteiger charge is -2.21. The molecule has 1 aromatic carbocycles. The van der Waals surface area contributed by atoms with Crippen LogP contribution in [0.3, 0.4) is 0 Å². The number of benzene rings is 1. The summed E-state index contributed by atoms with van der Waals surface area (Å²) >= 11 is 4.91. The van der Waals surface area contributed by atoms with Crippen molar-refractivity contribution in [2.24, 2.45) is 11.7 Å². The number of hydrogen-bond acceptors (Lipinski definition) is 4.